The summed E-state index contributed by atoms with van der Waals surface area (Å²) in [6.07, 6.45) is 1.59. The maximum absolute atomic E-state index is 12.3. The van der Waals surface area contributed by atoms with Gasteiger partial charge < -0.3 is 14.6 Å². The molecule has 25 heavy (non-hydrogen) atoms. The molecule has 1 aromatic carbocycles. The zero-order valence-electron chi connectivity index (χ0n) is 14.1. The molecule has 3 rings (SSSR count). The van der Waals surface area contributed by atoms with Gasteiger partial charge in [-0.15, -0.1) is 0 Å². The maximum Gasteiger partial charge on any atom is 0.262 e. The number of nitrogens with one attached hydrogen (secondary N) is 2. The number of likely N-dealkylation sites (N-methyl/N-ethyl adjacent to an activating group) is 1. The lowest BCUT2D eigenvalue weighted by molar-refractivity contribution is -0.891. The number of rotatable bonds is 6. The number of amides is 3. The number of carbonyl (C=O) groups excluding carboxylic acids is 3. The molecule has 0 saturated carbocycles. The van der Waals surface area contributed by atoms with Gasteiger partial charge in [0.15, 0.2) is 11.8 Å². The summed E-state index contributed by atoms with van der Waals surface area (Å²) in [6, 6.07) is 10.2. The van der Waals surface area contributed by atoms with Crippen molar-refractivity contribution in [3.05, 3.63) is 59.5 Å². The van der Waals surface area contributed by atoms with Crippen LogP contribution in [0, 0.1) is 0 Å². The predicted molar refractivity (Wildman–Crippen MR) is 89.1 cm³/mol. The van der Waals surface area contributed by atoms with Crippen LogP contribution in [0.2, 0.25) is 0 Å². The molecule has 3 amide bonds. The van der Waals surface area contributed by atoms with Crippen LogP contribution in [0.4, 0.5) is 0 Å². The Hall–Kier alpha value is -2.93. The van der Waals surface area contributed by atoms with Gasteiger partial charge in [0.1, 0.15) is 6.54 Å². The van der Waals surface area contributed by atoms with Crippen molar-refractivity contribution in [3.8, 4) is 0 Å². The van der Waals surface area contributed by atoms with Crippen molar-refractivity contribution in [1.82, 2.24) is 10.2 Å². The van der Waals surface area contributed by atoms with Crippen LogP contribution in [0.3, 0.4) is 0 Å². The van der Waals surface area contributed by atoms with E-state index in [2.05, 4.69) is 5.32 Å². The minimum Gasteiger partial charge on any atom is -0.463 e. The van der Waals surface area contributed by atoms with Gasteiger partial charge in [-0.2, -0.15) is 0 Å². The molecule has 0 fully saturated rings. The molecule has 2 heterocycles. The third-order valence-electron chi connectivity index (χ3n) is 4.27. The number of nitrogens with zero attached hydrogens (tertiary/aromatic N) is 1. The van der Waals surface area contributed by atoms with Gasteiger partial charge in [-0.1, -0.05) is 12.1 Å². The summed E-state index contributed by atoms with van der Waals surface area (Å²) >= 11 is 0. The molecule has 7 heteroatoms. The van der Waals surface area contributed by atoms with Crippen molar-refractivity contribution in [2.75, 3.05) is 27.2 Å². The third kappa shape index (κ3) is 3.32. The second kappa shape index (κ2) is 6.90. The molecule has 7 nitrogen and oxygen atoms in total. The van der Waals surface area contributed by atoms with E-state index in [-0.39, 0.29) is 18.5 Å². The monoisotopic (exact) mass is 342 g/mol. The standard InChI is InChI=1S/C18H19N3O4/c1-20(2)14(15-8-5-9-25-15)10-19-16(22)11-21-17(23)12-6-3-4-7-13(12)18(21)24/h3-9,14H,10-11H2,1-2H3,(H,19,22)/p+1/t14-/m0/s1. The van der Waals surface area contributed by atoms with E-state index in [0.29, 0.717) is 17.7 Å². The molecule has 0 spiro atoms. The van der Waals surface area contributed by atoms with E-state index in [4.69, 9.17) is 4.42 Å². The summed E-state index contributed by atoms with van der Waals surface area (Å²) in [7, 11) is 3.92. The van der Waals surface area contributed by atoms with Gasteiger partial charge in [-0.25, -0.2) is 0 Å². The molecule has 0 saturated heterocycles. The first kappa shape index (κ1) is 16.9. The second-order valence-corrected chi connectivity index (χ2v) is 6.19. The zero-order chi connectivity index (χ0) is 18.0. The number of fused-ring (bicyclic) bond motifs is 1. The Labute approximate surface area is 145 Å². The van der Waals surface area contributed by atoms with Crippen molar-refractivity contribution in [3.63, 3.8) is 0 Å². The molecule has 0 aliphatic carbocycles. The van der Waals surface area contributed by atoms with Crippen LogP contribution in [-0.2, 0) is 4.79 Å². The van der Waals surface area contributed by atoms with Crippen molar-refractivity contribution in [1.29, 1.82) is 0 Å². The summed E-state index contributed by atoms with van der Waals surface area (Å²) in [5, 5.41) is 2.78. The molecule has 1 atom stereocenters. The average Bonchev–Trinajstić information content (AvgIpc) is 3.19. The van der Waals surface area contributed by atoms with Crippen LogP contribution in [0.25, 0.3) is 0 Å². The van der Waals surface area contributed by atoms with Crippen LogP contribution >= 0.6 is 0 Å². The van der Waals surface area contributed by atoms with E-state index in [1.165, 1.54) is 0 Å². The number of benzene rings is 1. The molecule has 0 unspecified atom stereocenters. The van der Waals surface area contributed by atoms with Gasteiger partial charge in [-0.3, -0.25) is 19.3 Å². The highest BCUT2D eigenvalue weighted by Gasteiger charge is 2.36. The predicted octanol–water partition coefficient (Wildman–Crippen LogP) is -0.122. The van der Waals surface area contributed by atoms with E-state index in [1.807, 2.05) is 20.2 Å². The Balaban J connectivity index is 1.62. The summed E-state index contributed by atoms with van der Waals surface area (Å²) in [4.78, 5) is 38.9. The SMILES string of the molecule is C[NH+](C)[C@@H](CNC(=O)CN1C(=O)c2ccccc2C1=O)c1ccco1. The minimum absolute atomic E-state index is 0.0545. The van der Waals surface area contributed by atoms with Crippen LogP contribution in [0.15, 0.2) is 47.1 Å². The summed E-state index contributed by atoms with van der Waals surface area (Å²) < 4.78 is 5.41. The van der Waals surface area contributed by atoms with Crippen molar-refractivity contribution in [2.45, 2.75) is 6.04 Å². The molecular formula is C18H20N3O4+. The van der Waals surface area contributed by atoms with E-state index < -0.39 is 11.8 Å². The molecule has 130 valence electrons. The summed E-state index contributed by atoms with van der Waals surface area (Å²) in [5.41, 5.74) is 0.679. The van der Waals surface area contributed by atoms with E-state index >= 15 is 0 Å². The highest BCUT2D eigenvalue weighted by atomic mass is 16.3. The van der Waals surface area contributed by atoms with Crippen molar-refractivity contribution >= 4 is 17.7 Å². The molecule has 1 aromatic heterocycles. The first-order chi connectivity index (χ1) is 12.0. The Kier molecular flexibility index (Phi) is 4.67. The number of quaternary nitrogens is 1. The topological polar surface area (TPSA) is 84.1 Å². The Morgan fingerprint density at radius 2 is 1.76 bits per heavy atom. The fourth-order valence-electron chi connectivity index (χ4n) is 2.88. The lowest BCUT2D eigenvalue weighted by Gasteiger charge is -2.20. The fraction of sp³-hybridized carbons (Fsp3) is 0.278. The number of hydrogen-bond acceptors (Lipinski definition) is 4. The average molecular weight is 342 g/mol. The molecule has 1 aliphatic heterocycles. The molecular weight excluding hydrogens is 322 g/mol. The normalized spacial score (nSPS) is 14.8. The van der Waals surface area contributed by atoms with Gasteiger partial charge in [0.25, 0.3) is 11.8 Å². The molecule has 0 bridgehead atoms. The Morgan fingerprint density at radius 3 is 2.28 bits per heavy atom. The van der Waals surface area contributed by atoms with Crippen LogP contribution in [0.1, 0.15) is 32.5 Å². The van der Waals surface area contributed by atoms with Crippen molar-refractivity contribution < 1.29 is 23.7 Å². The van der Waals surface area contributed by atoms with Gasteiger partial charge in [0.05, 0.1) is 38.0 Å². The summed E-state index contributed by atoms with van der Waals surface area (Å²) in [5.74, 6) is -0.485. The lowest BCUT2D eigenvalue weighted by atomic mass is 10.1. The highest BCUT2D eigenvalue weighted by molar-refractivity contribution is 6.22. The first-order valence-corrected chi connectivity index (χ1v) is 8.04. The molecule has 2 aromatic rings. The quantitative estimate of drug-likeness (QED) is 0.717. The number of hydrogen-bond donors (Lipinski definition) is 2. The van der Waals surface area contributed by atoms with Crippen LogP contribution in [0.5, 0.6) is 0 Å². The molecule has 1 aliphatic rings. The Morgan fingerprint density at radius 1 is 1.12 bits per heavy atom. The minimum atomic E-state index is -0.434. The number of imide groups is 1. The fourth-order valence-corrected chi connectivity index (χ4v) is 2.88. The maximum atomic E-state index is 12.3. The van der Waals surface area contributed by atoms with Gasteiger partial charge in [-0.05, 0) is 24.3 Å². The first-order valence-electron chi connectivity index (χ1n) is 8.04. The van der Waals surface area contributed by atoms with Crippen molar-refractivity contribution in [2.24, 2.45) is 0 Å². The van der Waals surface area contributed by atoms with Crippen LogP contribution < -0.4 is 10.2 Å². The van der Waals surface area contributed by atoms with Gasteiger partial charge in [0, 0.05) is 0 Å². The van der Waals surface area contributed by atoms with E-state index in [1.54, 1.807) is 36.6 Å². The van der Waals surface area contributed by atoms with Crippen LogP contribution in [-0.4, -0.2) is 49.8 Å². The van der Waals surface area contributed by atoms with E-state index in [9.17, 15) is 14.4 Å². The summed E-state index contributed by atoms with van der Waals surface area (Å²) in [6.45, 7) is 0.0534. The third-order valence-corrected chi connectivity index (χ3v) is 4.27. The Bertz CT molecular complexity index is 763. The zero-order valence-corrected chi connectivity index (χ0v) is 14.1. The number of furan rings is 1. The number of carbonyl (C=O) groups is 3. The molecule has 2 N–H and O–H groups in total. The highest BCUT2D eigenvalue weighted by Crippen LogP contribution is 2.21. The lowest BCUT2D eigenvalue weighted by Crippen LogP contribution is -3.07. The second-order valence-electron chi connectivity index (χ2n) is 6.19. The van der Waals surface area contributed by atoms with E-state index in [0.717, 1.165) is 15.6 Å². The smallest absolute Gasteiger partial charge is 0.262 e. The largest absolute Gasteiger partial charge is 0.463 e. The molecule has 0 radical (unpaired) electrons. The van der Waals surface area contributed by atoms with Gasteiger partial charge in [0.2, 0.25) is 5.91 Å². The van der Waals surface area contributed by atoms with Gasteiger partial charge >= 0.3 is 0 Å².